The fourth-order valence-corrected chi connectivity index (χ4v) is 3.17. The molecule has 0 fully saturated rings. The van der Waals surface area contributed by atoms with Crippen LogP contribution < -0.4 is 10.6 Å². The van der Waals surface area contributed by atoms with E-state index in [4.69, 9.17) is 28.2 Å². The minimum atomic E-state index is -1.10. The summed E-state index contributed by atoms with van der Waals surface area (Å²) in [5.74, 6) is -1.09. The third-order valence-corrected chi connectivity index (χ3v) is 4.77. The fourth-order valence-electron chi connectivity index (χ4n) is 2.35. The quantitative estimate of drug-likeness (QED) is 0.326. The van der Waals surface area contributed by atoms with Gasteiger partial charge in [-0.25, -0.2) is 4.79 Å². The first-order valence-electron chi connectivity index (χ1n) is 7.84. The second-order valence-electron chi connectivity index (χ2n) is 5.57. The molecule has 0 radical (unpaired) electrons. The topological polar surface area (TPSA) is 91.6 Å². The minimum Gasteiger partial charge on any atom is -0.478 e. The number of carboxylic acid groups (broad SMARTS) is 1. The summed E-state index contributed by atoms with van der Waals surface area (Å²) in [5.41, 5.74) is 1.10. The van der Waals surface area contributed by atoms with Crippen LogP contribution in [-0.2, 0) is 0 Å². The number of hydrogen-bond donors (Lipinski definition) is 3. The largest absolute Gasteiger partial charge is 0.478 e. The van der Waals surface area contributed by atoms with Crippen LogP contribution in [-0.4, -0.2) is 22.1 Å². The van der Waals surface area contributed by atoms with Gasteiger partial charge < -0.3 is 14.8 Å². The molecule has 28 heavy (non-hydrogen) atoms. The first-order valence-corrected chi connectivity index (χ1v) is 9.71. The molecule has 1 heterocycles. The van der Waals surface area contributed by atoms with Gasteiger partial charge in [0.25, 0.3) is 5.91 Å². The molecule has 0 aliphatic heterocycles. The van der Waals surface area contributed by atoms with Crippen molar-refractivity contribution < 1.29 is 19.1 Å². The van der Waals surface area contributed by atoms with E-state index in [9.17, 15) is 14.7 Å². The molecular formula is C19H12ClIN2O4S. The first-order chi connectivity index (χ1) is 13.3. The Labute approximate surface area is 184 Å². The van der Waals surface area contributed by atoms with Crippen LogP contribution in [0.4, 0.5) is 5.69 Å². The number of nitrogens with one attached hydrogen (secondary N) is 2. The Morgan fingerprint density at radius 2 is 1.79 bits per heavy atom. The van der Waals surface area contributed by atoms with Crippen LogP contribution in [0.2, 0.25) is 5.02 Å². The molecule has 3 aromatic rings. The molecule has 9 heteroatoms. The van der Waals surface area contributed by atoms with Gasteiger partial charge in [0, 0.05) is 14.2 Å². The highest BCUT2D eigenvalue weighted by molar-refractivity contribution is 14.1. The van der Waals surface area contributed by atoms with Crippen LogP contribution in [0, 0.1) is 3.57 Å². The van der Waals surface area contributed by atoms with Gasteiger partial charge in [0.05, 0.1) is 11.3 Å². The Morgan fingerprint density at radius 1 is 1.07 bits per heavy atom. The lowest BCUT2D eigenvalue weighted by Crippen LogP contribution is -2.34. The summed E-state index contributed by atoms with van der Waals surface area (Å²) in [6.07, 6.45) is 0. The summed E-state index contributed by atoms with van der Waals surface area (Å²) in [5, 5.41) is 15.0. The molecule has 1 amide bonds. The molecule has 0 unspecified atom stereocenters. The summed E-state index contributed by atoms with van der Waals surface area (Å²) in [4.78, 5) is 23.7. The lowest BCUT2D eigenvalue weighted by molar-refractivity contribution is 0.0697. The van der Waals surface area contributed by atoms with Crippen molar-refractivity contribution in [3.63, 3.8) is 0 Å². The van der Waals surface area contributed by atoms with E-state index in [2.05, 4.69) is 10.6 Å². The normalized spacial score (nSPS) is 10.4. The zero-order valence-electron chi connectivity index (χ0n) is 14.0. The van der Waals surface area contributed by atoms with Gasteiger partial charge in [0.15, 0.2) is 10.9 Å². The number of carbonyl (C=O) groups excluding carboxylic acids is 1. The molecule has 6 nitrogen and oxygen atoms in total. The number of halogens is 2. The van der Waals surface area contributed by atoms with Crippen LogP contribution in [0.1, 0.15) is 20.9 Å². The van der Waals surface area contributed by atoms with Gasteiger partial charge in [-0.05, 0) is 89.4 Å². The number of furan rings is 1. The third-order valence-electron chi connectivity index (χ3n) is 3.65. The predicted molar refractivity (Wildman–Crippen MR) is 119 cm³/mol. The molecule has 3 N–H and O–H groups in total. The van der Waals surface area contributed by atoms with Crippen molar-refractivity contribution in [3.8, 4) is 11.3 Å². The highest BCUT2D eigenvalue weighted by Gasteiger charge is 2.16. The van der Waals surface area contributed by atoms with E-state index in [1.54, 1.807) is 42.5 Å². The number of rotatable bonds is 4. The average molecular weight is 527 g/mol. The van der Waals surface area contributed by atoms with Crippen molar-refractivity contribution in [1.29, 1.82) is 0 Å². The monoisotopic (exact) mass is 526 g/mol. The minimum absolute atomic E-state index is 0.0434. The molecule has 1 aromatic heterocycles. The van der Waals surface area contributed by atoms with E-state index in [0.29, 0.717) is 10.8 Å². The number of carboxylic acids is 1. The second-order valence-corrected chi connectivity index (χ2v) is 7.66. The van der Waals surface area contributed by atoms with E-state index in [-0.39, 0.29) is 22.1 Å². The van der Waals surface area contributed by atoms with E-state index in [1.807, 2.05) is 22.6 Å². The Bertz CT molecular complexity index is 1070. The van der Waals surface area contributed by atoms with Crippen LogP contribution in [0.25, 0.3) is 11.3 Å². The smallest absolute Gasteiger partial charge is 0.337 e. The van der Waals surface area contributed by atoms with Crippen molar-refractivity contribution in [2.75, 3.05) is 5.32 Å². The maximum absolute atomic E-state index is 12.3. The molecule has 0 spiro atoms. The number of aromatic carboxylic acids is 1. The summed E-state index contributed by atoms with van der Waals surface area (Å²) in [6.45, 7) is 0. The maximum Gasteiger partial charge on any atom is 0.337 e. The van der Waals surface area contributed by atoms with Gasteiger partial charge in [-0.1, -0.05) is 11.6 Å². The van der Waals surface area contributed by atoms with Crippen molar-refractivity contribution >= 4 is 69.1 Å². The molecule has 0 saturated heterocycles. The number of anilines is 1. The zero-order chi connectivity index (χ0) is 20.3. The average Bonchev–Trinajstić information content (AvgIpc) is 3.14. The predicted octanol–water partition coefficient (Wildman–Crippen LogP) is 5.03. The summed E-state index contributed by atoms with van der Waals surface area (Å²) in [6, 6.07) is 15.0. The second kappa shape index (κ2) is 8.72. The molecule has 0 atom stereocenters. The molecular weight excluding hydrogens is 515 g/mol. The lowest BCUT2D eigenvalue weighted by Gasteiger charge is -2.11. The highest BCUT2D eigenvalue weighted by atomic mass is 127. The molecule has 0 aliphatic carbocycles. The van der Waals surface area contributed by atoms with Crippen LogP contribution in [0.5, 0.6) is 0 Å². The van der Waals surface area contributed by atoms with Crippen LogP contribution in [0.3, 0.4) is 0 Å². The number of amides is 1. The number of carbonyl (C=O) groups is 2. The van der Waals surface area contributed by atoms with E-state index in [0.717, 1.165) is 9.13 Å². The van der Waals surface area contributed by atoms with Crippen LogP contribution >= 0.6 is 46.4 Å². The number of benzene rings is 2. The Balaban J connectivity index is 1.69. The van der Waals surface area contributed by atoms with E-state index >= 15 is 0 Å². The van der Waals surface area contributed by atoms with E-state index < -0.39 is 11.9 Å². The van der Waals surface area contributed by atoms with Gasteiger partial charge in [-0.15, -0.1) is 0 Å². The standard InChI is InChI=1S/C19H12ClIN2O4S/c20-11-3-1-10(2-4-11)15-7-8-16(27-15)17(24)23-19(28)22-14-6-5-12(21)9-13(14)18(25)26/h1-9H,(H,25,26)(H2,22,23,24,28). The van der Waals surface area contributed by atoms with Gasteiger partial charge in [-0.3, -0.25) is 10.1 Å². The van der Waals surface area contributed by atoms with Crippen molar-refractivity contribution in [3.05, 3.63) is 74.5 Å². The Morgan fingerprint density at radius 3 is 2.46 bits per heavy atom. The molecule has 0 saturated carbocycles. The SMILES string of the molecule is O=C(NC(=S)Nc1ccc(I)cc1C(=O)O)c1ccc(-c2ccc(Cl)cc2)o1. The molecule has 2 aromatic carbocycles. The summed E-state index contributed by atoms with van der Waals surface area (Å²) >= 11 is 13.0. The lowest BCUT2D eigenvalue weighted by atomic mass is 10.2. The molecule has 0 bridgehead atoms. The Kier molecular flexibility index (Phi) is 6.32. The number of hydrogen-bond acceptors (Lipinski definition) is 4. The van der Waals surface area contributed by atoms with Gasteiger partial charge in [0.1, 0.15) is 5.76 Å². The van der Waals surface area contributed by atoms with Crippen molar-refractivity contribution in [1.82, 2.24) is 5.32 Å². The van der Waals surface area contributed by atoms with Gasteiger partial charge >= 0.3 is 5.97 Å². The maximum atomic E-state index is 12.3. The highest BCUT2D eigenvalue weighted by Crippen LogP contribution is 2.24. The third kappa shape index (κ3) is 4.89. The molecule has 3 rings (SSSR count). The zero-order valence-corrected chi connectivity index (χ0v) is 17.8. The molecule has 142 valence electrons. The molecule has 0 aliphatic rings. The Hall–Kier alpha value is -2.43. The van der Waals surface area contributed by atoms with Gasteiger partial charge in [0.2, 0.25) is 0 Å². The number of thiocarbonyl (C=S) groups is 1. The summed E-state index contributed by atoms with van der Waals surface area (Å²) < 4.78 is 6.33. The van der Waals surface area contributed by atoms with Crippen LogP contribution in [0.15, 0.2) is 59.0 Å². The first kappa shape index (κ1) is 20.3. The van der Waals surface area contributed by atoms with Crippen molar-refractivity contribution in [2.24, 2.45) is 0 Å². The summed E-state index contributed by atoms with van der Waals surface area (Å²) in [7, 11) is 0. The van der Waals surface area contributed by atoms with Crippen molar-refractivity contribution in [2.45, 2.75) is 0 Å². The van der Waals surface area contributed by atoms with Gasteiger partial charge in [-0.2, -0.15) is 0 Å². The fraction of sp³-hybridized carbons (Fsp3) is 0. The van der Waals surface area contributed by atoms with E-state index in [1.165, 1.54) is 12.1 Å².